The van der Waals surface area contributed by atoms with E-state index in [2.05, 4.69) is 26.3 Å². The SMILES string of the molecule is Cc1nc(S(=O)(=O)Cc2cscn2)ccc1NCc1cccc2ccncc12. The zero-order valence-corrected chi connectivity index (χ0v) is 16.8. The zero-order chi connectivity index (χ0) is 19.6. The Balaban J connectivity index is 1.53. The molecular formula is C20H18N4O2S2. The highest BCUT2D eigenvalue weighted by Gasteiger charge is 2.19. The molecule has 1 N–H and O–H groups in total. The molecule has 4 aromatic rings. The molecule has 0 spiro atoms. The van der Waals surface area contributed by atoms with Gasteiger partial charge in [-0.1, -0.05) is 18.2 Å². The predicted octanol–water partition coefficient (Wildman–Crippen LogP) is 3.98. The molecule has 0 atom stereocenters. The second kappa shape index (κ2) is 7.65. The van der Waals surface area contributed by atoms with Gasteiger partial charge in [-0.3, -0.25) is 4.98 Å². The Morgan fingerprint density at radius 3 is 2.82 bits per heavy atom. The minimum atomic E-state index is -3.52. The third kappa shape index (κ3) is 3.88. The molecule has 0 unspecified atom stereocenters. The number of aryl methyl sites for hydroxylation is 1. The Morgan fingerprint density at radius 2 is 2.04 bits per heavy atom. The highest BCUT2D eigenvalue weighted by Crippen LogP contribution is 2.22. The summed E-state index contributed by atoms with van der Waals surface area (Å²) in [6, 6.07) is 11.4. The lowest BCUT2D eigenvalue weighted by Crippen LogP contribution is -2.10. The molecular weight excluding hydrogens is 392 g/mol. The van der Waals surface area contributed by atoms with Crippen LogP contribution in [0.4, 0.5) is 5.69 Å². The van der Waals surface area contributed by atoms with Gasteiger partial charge in [0.05, 0.1) is 28.3 Å². The fourth-order valence-corrected chi connectivity index (χ4v) is 4.91. The summed E-state index contributed by atoms with van der Waals surface area (Å²) in [6.45, 7) is 2.39. The van der Waals surface area contributed by atoms with Gasteiger partial charge in [0.25, 0.3) is 0 Å². The Morgan fingerprint density at radius 1 is 1.14 bits per heavy atom. The van der Waals surface area contributed by atoms with Crippen molar-refractivity contribution >= 4 is 37.6 Å². The third-order valence-corrected chi connectivity index (χ3v) is 6.62. The maximum atomic E-state index is 12.6. The number of hydrogen-bond donors (Lipinski definition) is 1. The van der Waals surface area contributed by atoms with Crippen molar-refractivity contribution in [3.63, 3.8) is 0 Å². The van der Waals surface area contributed by atoms with Crippen molar-refractivity contribution < 1.29 is 8.42 Å². The van der Waals surface area contributed by atoms with Gasteiger partial charge >= 0.3 is 0 Å². The van der Waals surface area contributed by atoms with Crippen molar-refractivity contribution in [2.45, 2.75) is 24.2 Å². The van der Waals surface area contributed by atoms with Gasteiger partial charge in [0.15, 0.2) is 5.03 Å². The van der Waals surface area contributed by atoms with Gasteiger partial charge in [-0.05, 0) is 36.1 Å². The van der Waals surface area contributed by atoms with Gasteiger partial charge < -0.3 is 5.32 Å². The van der Waals surface area contributed by atoms with Crippen LogP contribution in [0.2, 0.25) is 0 Å². The molecule has 0 radical (unpaired) electrons. The molecule has 142 valence electrons. The van der Waals surface area contributed by atoms with E-state index in [4.69, 9.17) is 0 Å². The van der Waals surface area contributed by atoms with Crippen LogP contribution < -0.4 is 5.32 Å². The molecule has 0 bridgehead atoms. The molecule has 1 aromatic carbocycles. The summed E-state index contributed by atoms with van der Waals surface area (Å²) >= 11 is 1.38. The number of pyridine rings is 2. The summed E-state index contributed by atoms with van der Waals surface area (Å²) in [6.07, 6.45) is 3.63. The lowest BCUT2D eigenvalue weighted by atomic mass is 10.1. The largest absolute Gasteiger partial charge is 0.379 e. The first-order valence-corrected chi connectivity index (χ1v) is 11.3. The highest BCUT2D eigenvalue weighted by atomic mass is 32.2. The van der Waals surface area contributed by atoms with Crippen molar-refractivity contribution in [1.82, 2.24) is 15.0 Å². The summed E-state index contributed by atoms with van der Waals surface area (Å²) in [5.41, 5.74) is 4.71. The van der Waals surface area contributed by atoms with E-state index in [-0.39, 0.29) is 10.8 Å². The first-order valence-electron chi connectivity index (χ1n) is 8.66. The summed E-state index contributed by atoms with van der Waals surface area (Å²) < 4.78 is 25.1. The molecule has 0 saturated heterocycles. The fourth-order valence-electron chi connectivity index (χ4n) is 3.00. The third-order valence-electron chi connectivity index (χ3n) is 4.44. The number of thiazole rings is 1. The van der Waals surface area contributed by atoms with Crippen LogP contribution in [-0.4, -0.2) is 23.4 Å². The van der Waals surface area contributed by atoms with Crippen molar-refractivity contribution in [2.75, 3.05) is 5.32 Å². The maximum absolute atomic E-state index is 12.6. The van der Waals surface area contributed by atoms with E-state index in [9.17, 15) is 8.42 Å². The van der Waals surface area contributed by atoms with E-state index < -0.39 is 9.84 Å². The number of nitrogens with one attached hydrogen (secondary N) is 1. The highest BCUT2D eigenvalue weighted by molar-refractivity contribution is 7.90. The maximum Gasteiger partial charge on any atom is 0.201 e. The van der Waals surface area contributed by atoms with Gasteiger partial charge in [0.1, 0.15) is 0 Å². The smallest absolute Gasteiger partial charge is 0.201 e. The van der Waals surface area contributed by atoms with Crippen LogP contribution >= 0.6 is 11.3 Å². The van der Waals surface area contributed by atoms with Gasteiger partial charge in [-0.2, -0.15) is 0 Å². The van der Waals surface area contributed by atoms with Gasteiger partial charge in [-0.25, -0.2) is 18.4 Å². The Labute approximate surface area is 167 Å². The second-order valence-electron chi connectivity index (χ2n) is 6.39. The minimum Gasteiger partial charge on any atom is -0.379 e. The molecule has 3 aromatic heterocycles. The van der Waals surface area contributed by atoms with Crippen LogP contribution in [0.25, 0.3) is 10.8 Å². The number of fused-ring (bicyclic) bond motifs is 1. The molecule has 28 heavy (non-hydrogen) atoms. The number of benzene rings is 1. The van der Waals surface area contributed by atoms with Gasteiger partial charge in [0, 0.05) is 29.7 Å². The topological polar surface area (TPSA) is 84.8 Å². The van der Waals surface area contributed by atoms with Crippen molar-refractivity contribution in [2.24, 2.45) is 0 Å². The lowest BCUT2D eigenvalue weighted by Gasteiger charge is -2.12. The van der Waals surface area contributed by atoms with Crippen LogP contribution in [0.15, 0.2) is 64.7 Å². The van der Waals surface area contributed by atoms with E-state index in [0.717, 1.165) is 22.0 Å². The van der Waals surface area contributed by atoms with E-state index in [1.54, 1.807) is 36.1 Å². The molecule has 0 aliphatic heterocycles. The average molecular weight is 411 g/mol. The van der Waals surface area contributed by atoms with Gasteiger partial charge in [0.2, 0.25) is 9.84 Å². The molecule has 3 heterocycles. The first kappa shape index (κ1) is 18.5. The van der Waals surface area contributed by atoms with Gasteiger partial charge in [-0.15, -0.1) is 11.3 Å². The summed E-state index contributed by atoms with van der Waals surface area (Å²) in [4.78, 5) is 12.6. The standard InChI is InChI=1S/C20H18N4O2S2/c1-14-19(22-9-16-4-2-3-15-7-8-21-10-18(15)16)5-6-20(24-14)28(25,26)12-17-11-27-13-23-17/h2-8,10-11,13,22H,9,12H2,1H3. The molecule has 6 nitrogen and oxygen atoms in total. The summed E-state index contributed by atoms with van der Waals surface area (Å²) in [7, 11) is -3.52. The summed E-state index contributed by atoms with van der Waals surface area (Å²) in [5, 5.41) is 7.37. The second-order valence-corrected chi connectivity index (χ2v) is 9.04. The average Bonchev–Trinajstić information content (AvgIpc) is 3.19. The number of nitrogens with zero attached hydrogens (tertiary/aromatic N) is 3. The van der Waals surface area contributed by atoms with Crippen LogP contribution in [0, 0.1) is 6.92 Å². The number of rotatable bonds is 6. The van der Waals surface area contributed by atoms with Crippen LogP contribution in [0.1, 0.15) is 17.0 Å². The predicted molar refractivity (Wildman–Crippen MR) is 111 cm³/mol. The Bertz CT molecular complexity index is 1220. The molecule has 0 aliphatic carbocycles. The first-order chi connectivity index (χ1) is 13.5. The molecule has 0 fully saturated rings. The number of sulfone groups is 1. The van der Waals surface area contributed by atoms with E-state index in [1.165, 1.54) is 11.3 Å². The van der Waals surface area contributed by atoms with Crippen molar-refractivity contribution in [3.05, 3.63) is 76.6 Å². The molecule has 8 heteroatoms. The molecule has 0 saturated carbocycles. The van der Waals surface area contributed by atoms with E-state index in [1.807, 2.05) is 24.4 Å². The zero-order valence-electron chi connectivity index (χ0n) is 15.2. The van der Waals surface area contributed by atoms with Crippen LogP contribution in [0.5, 0.6) is 0 Å². The van der Waals surface area contributed by atoms with Crippen molar-refractivity contribution in [3.8, 4) is 0 Å². The number of anilines is 1. The molecule has 4 rings (SSSR count). The number of aromatic nitrogens is 3. The lowest BCUT2D eigenvalue weighted by molar-refractivity contribution is 0.590. The van der Waals surface area contributed by atoms with E-state index >= 15 is 0 Å². The molecule has 0 aliphatic rings. The van der Waals surface area contributed by atoms with Crippen LogP contribution in [0.3, 0.4) is 0 Å². The molecule has 0 amide bonds. The minimum absolute atomic E-state index is 0.0675. The monoisotopic (exact) mass is 410 g/mol. The normalized spacial score (nSPS) is 11.6. The fraction of sp³-hybridized carbons (Fsp3) is 0.150. The summed E-state index contributed by atoms with van der Waals surface area (Å²) in [5.74, 6) is -0.140. The quantitative estimate of drug-likeness (QED) is 0.517. The number of hydrogen-bond acceptors (Lipinski definition) is 7. The van der Waals surface area contributed by atoms with Crippen molar-refractivity contribution in [1.29, 1.82) is 0 Å². The Kier molecular flexibility index (Phi) is 5.06. The van der Waals surface area contributed by atoms with E-state index in [0.29, 0.717) is 17.9 Å². The Hall–Kier alpha value is -2.84. The van der Waals surface area contributed by atoms with Crippen LogP contribution in [-0.2, 0) is 22.1 Å².